The number of piperazine rings is 1. The van der Waals surface area contributed by atoms with Crippen molar-refractivity contribution in [3.63, 3.8) is 0 Å². The molecule has 0 amide bonds. The highest BCUT2D eigenvalue weighted by Gasteiger charge is 2.23. The molecule has 2 nitrogen and oxygen atoms in total. The maximum atomic E-state index is 5.98. The number of nitrogens with zero attached hydrogens (tertiary/aromatic N) is 1. The second-order valence-electron chi connectivity index (χ2n) is 4.94. The van der Waals surface area contributed by atoms with Crippen molar-refractivity contribution < 1.29 is 0 Å². The Kier molecular flexibility index (Phi) is 4.16. The molecule has 4 heteroatoms. The Hall–Kier alpha value is -1.22. The first kappa shape index (κ1) is 13.7. The van der Waals surface area contributed by atoms with Gasteiger partial charge in [0.15, 0.2) is 0 Å². The summed E-state index contributed by atoms with van der Waals surface area (Å²) in [6.45, 7) is 2.91. The number of benzene rings is 2. The van der Waals surface area contributed by atoms with Crippen LogP contribution in [0.2, 0.25) is 10.0 Å². The molecular formula is C16H16Cl2N2. The molecule has 0 radical (unpaired) electrons. The summed E-state index contributed by atoms with van der Waals surface area (Å²) in [6.07, 6.45) is 0. The minimum Gasteiger partial charge on any atom is -0.362 e. The Morgan fingerprint density at radius 3 is 2.15 bits per heavy atom. The van der Waals surface area contributed by atoms with E-state index in [1.54, 1.807) is 0 Å². The number of hydrogen-bond donors (Lipinski definition) is 1. The molecule has 0 aliphatic carbocycles. The zero-order valence-electron chi connectivity index (χ0n) is 11.0. The third kappa shape index (κ3) is 2.93. The average Bonchev–Trinajstić information content (AvgIpc) is 2.49. The van der Waals surface area contributed by atoms with Gasteiger partial charge in [0, 0.05) is 35.4 Å². The Morgan fingerprint density at radius 1 is 0.900 bits per heavy atom. The third-order valence-electron chi connectivity index (χ3n) is 3.66. The molecule has 1 fully saturated rings. The number of hydrogen-bond acceptors (Lipinski definition) is 2. The summed E-state index contributed by atoms with van der Waals surface area (Å²) in [6, 6.07) is 16.5. The molecule has 0 unspecified atom stereocenters. The van der Waals surface area contributed by atoms with E-state index in [9.17, 15) is 0 Å². The largest absolute Gasteiger partial charge is 0.362 e. The van der Waals surface area contributed by atoms with Gasteiger partial charge in [-0.1, -0.05) is 35.3 Å². The van der Waals surface area contributed by atoms with E-state index in [4.69, 9.17) is 23.2 Å². The van der Waals surface area contributed by atoms with E-state index in [0.29, 0.717) is 6.04 Å². The van der Waals surface area contributed by atoms with E-state index in [1.165, 1.54) is 11.3 Å². The molecule has 1 atom stereocenters. The van der Waals surface area contributed by atoms with E-state index in [2.05, 4.69) is 34.5 Å². The van der Waals surface area contributed by atoms with E-state index >= 15 is 0 Å². The second kappa shape index (κ2) is 6.04. The maximum Gasteiger partial charge on any atom is 0.0667 e. The van der Waals surface area contributed by atoms with Crippen LogP contribution in [-0.2, 0) is 0 Å². The van der Waals surface area contributed by atoms with Gasteiger partial charge >= 0.3 is 0 Å². The highest BCUT2D eigenvalue weighted by atomic mass is 35.5. The highest BCUT2D eigenvalue weighted by Crippen LogP contribution is 2.29. The molecule has 0 spiro atoms. The maximum absolute atomic E-state index is 5.98. The molecule has 104 valence electrons. The Balaban J connectivity index is 1.90. The van der Waals surface area contributed by atoms with Crippen molar-refractivity contribution in [2.45, 2.75) is 6.04 Å². The first-order valence-corrected chi connectivity index (χ1v) is 7.48. The molecule has 1 aliphatic rings. The molecule has 20 heavy (non-hydrogen) atoms. The molecule has 0 saturated carbocycles. The van der Waals surface area contributed by atoms with Crippen LogP contribution in [-0.4, -0.2) is 19.6 Å². The minimum absolute atomic E-state index is 0.321. The molecule has 1 N–H and O–H groups in total. The first-order chi connectivity index (χ1) is 9.74. The summed E-state index contributed by atoms with van der Waals surface area (Å²) in [5.74, 6) is 0. The minimum atomic E-state index is 0.321. The van der Waals surface area contributed by atoms with E-state index in [0.717, 1.165) is 29.7 Å². The van der Waals surface area contributed by atoms with E-state index in [-0.39, 0.29) is 0 Å². The Morgan fingerprint density at radius 2 is 1.50 bits per heavy atom. The lowest BCUT2D eigenvalue weighted by Crippen LogP contribution is -2.46. The SMILES string of the molecule is Clc1ccc([C@@H]2CNCCN2c2ccc(Cl)cc2)cc1. The second-order valence-corrected chi connectivity index (χ2v) is 5.81. The summed E-state index contributed by atoms with van der Waals surface area (Å²) in [5.41, 5.74) is 2.48. The van der Waals surface area contributed by atoms with Crippen molar-refractivity contribution in [1.29, 1.82) is 0 Å². The smallest absolute Gasteiger partial charge is 0.0667 e. The van der Waals surface area contributed by atoms with E-state index < -0.39 is 0 Å². The van der Waals surface area contributed by atoms with Gasteiger partial charge in [-0.3, -0.25) is 0 Å². The van der Waals surface area contributed by atoms with Crippen LogP contribution in [0.5, 0.6) is 0 Å². The quantitative estimate of drug-likeness (QED) is 0.897. The number of rotatable bonds is 2. The molecule has 1 heterocycles. The molecular weight excluding hydrogens is 291 g/mol. The molecule has 2 aromatic carbocycles. The summed E-state index contributed by atoms with van der Waals surface area (Å²) >= 11 is 12.0. The highest BCUT2D eigenvalue weighted by molar-refractivity contribution is 6.30. The van der Waals surface area contributed by atoms with Crippen LogP contribution in [0.25, 0.3) is 0 Å². The fraction of sp³-hybridized carbons (Fsp3) is 0.250. The van der Waals surface area contributed by atoms with Crippen molar-refractivity contribution in [2.75, 3.05) is 24.5 Å². The fourth-order valence-electron chi connectivity index (χ4n) is 2.63. The van der Waals surface area contributed by atoms with Gasteiger partial charge in [0.25, 0.3) is 0 Å². The van der Waals surface area contributed by atoms with Crippen molar-refractivity contribution in [3.05, 3.63) is 64.1 Å². The van der Waals surface area contributed by atoms with Gasteiger partial charge in [-0.15, -0.1) is 0 Å². The van der Waals surface area contributed by atoms with Crippen molar-refractivity contribution in [3.8, 4) is 0 Å². The zero-order chi connectivity index (χ0) is 13.9. The van der Waals surface area contributed by atoms with Gasteiger partial charge in [0.05, 0.1) is 6.04 Å². The van der Waals surface area contributed by atoms with Crippen LogP contribution in [0.4, 0.5) is 5.69 Å². The topological polar surface area (TPSA) is 15.3 Å². The fourth-order valence-corrected chi connectivity index (χ4v) is 2.88. The van der Waals surface area contributed by atoms with E-state index in [1.807, 2.05) is 24.3 Å². The lowest BCUT2D eigenvalue weighted by Gasteiger charge is -2.38. The standard InChI is InChI=1S/C16H16Cl2N2/c17-13-3-1-12(2-4-13)16-11-19-9-10-20(16)15-7-5-14(18)6-8-15/h1-8,16,19H,9-11H2/t16-/m0/s1. The molecule has 2 aromatic rings. The van der Waals surface area contributed by atoms with Crippen LogP contribution in [0.3, 0.4) is 0 Å². The van der Waals surface area contributed by atoms with Crippen LogP contribution in [0.15, 0.2) is 48.5 Å². The molecule has 3 rings (SSSR count). The first-order valence-electron chi connectivity index (χ1n) is 6.72. The van der Waals surface area contributed by atoms with Crippen molar-refractivity contribution in [2.24, 2.45) is 0 Å². The van der Waals surface area contributed by atoms with Gasteiger partial charge in [0.2, 0.25) is 0 Å². The Bertz CT molecular complexity index is 513. The molecule has 0 aromatic heterocycles. The normalized spacial score (nSPS) is 19.1. The summed E-state index contributed by atoms with van der Waals surface area (Å²) < 4.78 is 0. The number of anilines is 1. The lowest BCUT2D eigenvalue weighted by molar-refractivity contribution is 0.490. The van der Waals surface area contributed by atoms with Gasteiger partial charge in [-0.2, -0.15) is 0 Å². The predicted molar refractivity (Wildman–Crippen MR) is 85.9 cm³/mol. The van der Waals surface area contributed by atoms with Gasteiger partial charge in [-0.05, 0) is 42.0 Å². The lowest BCUT2D eigenvalue weighted by atomic mass is 10.0. The van der Waals surface area contributed by atoms with Crippen LogP contribution >= 0.6 is 23.2 Å². The van der Waals surface area contributed by atoms with Gasteiger partial charge in [-0.25, -0.2) is 0 Å². The molecule has 0 bridgehead atoms. The average molecular weight is 307 g/mol. The Labute approximate surface area is 129 Å². The summed E-state index contributed by atoms with van der Waals surface area (Å²) in [5, 5.41) is 5.00. The van der Waals surface area contributed by atoms with Gasteiger partial charge < -0.3 is 10.2 Å². The monoisotopic (exact) mass is 306 g/mol. The third-order valence-corrected chi connectivity index (χ3v) is 4.16. The van der Waals surface area contributed by atoms with Crippen LogP contribution in [0, 0.1) is 0 Å². The zero-order valence-corrected chi connectivity index (χ0v) is 12.5. The van der Waals surface area contributed by atoms with Gasteiger partial charge in [0.1, 0.15) is 0 Å². The molecule has 1 saturated heterocycles. The molecule has 1 aliphatic heterocycles. The van der Waals surface area contributed by atoms with Crippen molar-refractivity contribution in [1.82, 2.24) is 5.32 Å². The number of nitrogens with one attached hydrogen (secondary N) is 1. The summed E-state index contributed by atoms with van der Waals surface area (Å²) in [7, 11) is 0. The number of halogens is 2. The predicted octanol–water partition coefficient (Wildman–Crippen LogP) is 4.14. The van der Waals surface area contributed by atoms with Crippen molar-refractivity contribution >= 4 is 28.9 Å². The van der Waals surface area contributed by atoms with Crippen LogP contribution in [0.1, 0.15) is 11.6 Å². The van der Waals surface area contributed by atoms with Crippen LogP contribution < -0.4 is 10.2 Å². The summed E-state index contributed by atoms with van der Waals surface area (Å²) in [4.78, 5) is 2.41.